The average Bonchev–Trinajstić information content (AvgIpc) is 2.49. The first-order chi connectivity index (χ1) is 10.0. The molecule has 7 heteroatoms. The van der Waals surface area contributed by atoms with E-state index in [1.165, 1.54) is 4.90 Å². The maximum Gasteiger partial charge on any atom is 0.261 e. The number of hydrogen-bond acceptors (Lipinski definition) is 5. The molecule has 7 nitrogen and oxygen atoms in total. The maximum absolute atomic E-state index is 12.0. The molecule has 0 bridgehead atoms. The quantitative estimate of drug-likeness (QED) is 0.777. The molecule has 1 aromatic rings. The van der Waals surface area contributed by atoms with E-state index in [-0.39, 0.29) is 13.2 Å². The summed E-state index contributed by atoms with van der Waals surface area (Å²) in [6, 6.07) is 7.55. The van der Waals surface area contributed by atoms with Crippen molar-refractivity contribution < 1.29 is 19.1 Å². The van der Waals surface area contributed by atoms with Crippen molar-refractivity contribution in [3.63, 3.8) is 0 Å². The Morgan fingerprint density at radius 3 is 2.71 bits per heavy atom. The van der Waals surface area contributed by atoms with Crippen LogP contribution in [-0.4, -0.2) is 41.8 Å². The third-order valence-corrected chi connectivity index (χ3v) is 3.09. The van der Waals surface area contributed by atoms with Gasteiger partial charge in [-0.05, 0) is 31.2 Å². The molecule has 108 valence electrons. The molecule has 1 aromatic carbocycles. The van der Waals surface area contributed by atoms with Gasteiger partial charge in [-0.1, -0.05) is 0 Å². The fourth-order valence-corrected chi connectivity index (χ4v) is 1.87. The molecule has 1 fully saturated rings. The topological polar surface area (TPSA) is 99.5 Å². The van der Waals surface area contributed by atoms with E-state index in [1.54, 1.807) is 31.2 Å². The number of carbonyl (C=O) groups is 3. The van der Waals surface area contributed by atoms with Crippen molar-refractivity contribution in [1.29, 1.82) is 5.26 Å². The standard InChI is InChI=1S/C14H13N3O4/c1-9-14(20)16-12(18)7-17(9)13(19)8-21-11-4-2-10(6-15)3-5-11/h2-5,9H,7-8H2,1H3,(H,16,18,20). The van der Waals surface area contributed by atoms with Crippen molar-refractivity contribution in [2.24, 2.45) is 0 Å². The SMILES string of the molecule is CC1C(=O)NC(=O)CN1C(=O)COc1ccc(C#N)cc1. The number of nitrogens with one attached hydrogen (secondary N) is 1. The Kier molecular flexibility index (Phi) is 4.18. The van der Waals surface area contributed by atoms with Gasteiger partial charge in [-0.2, -0.15) is 5.26 Å². The maximum atomic E-state index is 12.0. The second-order valence-corrected chi connectivity index (χ2v) is 4.53. The Morgan fingerprint density at radius 1 is 1.43 bits per heavy atom. The highest BCUT2D eigenvalue weighted by atomic mass is 16.5. The largest absolute Gasteiger partial charge is 0.484 e. The van der Waals surface area contributed by atoms with Crippen LogP contribution in [0.3, 0.4) is 0 Å². The molecule has 1 heterocycles. The summed E-state index contributed by atoms with van der Waals surface area (Å²) in [6.45, 7) is 1.10. The smallest absolute Gasteiger partial charge is 0.261 e. The van der Waals surface area contributed by atoms with Crippen LogP contribution in [0.4, 0.5) is 0 Å². The summed E-state index contributed by atoms with van der Waals surface area (Å²) in [5, 5.41) is 10.8. The van der Waals surface area contributed by atoms with Gasteiger partial charge in [0.2, 0.25) is 11.8 Å². The van der Waals surface area contributed by atoms with Gasteiger partial charge in [-0.25, -0.2) is 0 Å². The lowest BCUT2D eigenvalue weighted by Crippen LogP contribution is -2.59. The number of rotatable bonds is 3. The molecule has 1 atom stereocenters. The number of nitrogens with zero attached hydrogens (tertiary/aromatic N) is 2. The van der Waals surface area contributed by atoms with Gasteiger partial charge in [0, 0.05) is 0 Å². The Balaban J connectivity index is 1.96. The van der Waals surface area contributed by atoms with Crippen LogP contribution in [0.5, 0.6) is 5.75 Å². The van der Waals surface area contributed by atoms with Gasteiger partial charge in [-0.15, -0.1) is 0 Å². The van der Waals surface area contributed by atoms with Crippen molar-refractivity contribution in [2.75, 3.05) is 13.2 Å². The third kappa shape index (κ3) is 3.36. The van der Waals surface area contributed by atoms with Gasteiger partial charge in [0.25, 0.3) is 5.91 Å². The van der Waals surface area contributed by atoms with E-state index in [9.17, 15) is 14.4 Å². The van der Waals surface area contributed by atoms with E-state index >= 15 is 0 Å². The predicted molar refractivity (Wildman–Crippen MR) is 71.0 cm³/mol. The zero-order chi connectivity index (χ0) is 15.4. The molecule has 1 saturated heterocycles. The van der Waals surface area contributed by atoms with Gasteiger partial charge in [-0.3, -0.25) is 19.7 Å². The fourth-order valence-electron chi connectivity index (χ4n) is 1.87. The van der Waals surface area contributed by atoms with Crippen molar-refractivity contribution in [3.8, 4) is 11.8 Å². The van der Waals surface area contributed by atoms with Gasteiger partial charge < -0.3 is 9.64 Å². The van der Waals surface area contributed by atoms with E-state index in [1.807, 2.05) is 6.07 Å². The minimum Gasteiger partial charge on any atom is -0.484 e. The third-order valence-electron chi connectivity index (χ3n) is 3.09. The second kappa shape index (κ2) is 6.05. The zero-order valence-electron chi connectivity index (χ0n) is 11.3. The van der Waals surface area contributed by atoms with Gasteiger partial charge >= 0.3 is 0 Å². The van der Waals surface area contributed by atoms with E-state index in [0.29, 0.717) is 11.3 Å². The number of ether oxygens (including phenoxy) is 1. The minimum atomic E-state index is -0.709. The van der Waals surface area contributed by atoms with E-state index in [4.69, 9.17) is 10.00 Å². The first-order valence-electron chi connectivity index (χ1n) is 6.27. The van der Waals surface area contributed by atoms with Crippen LogP contribution in [0.2, 0.25) is 0 Å². The van der Waals surface area contributed by atoms with Crippen molar-refractivity contribution >= 4 is 17.7 Å². The number of hydrogen-bond donors (Lipinski definition) is 1. The predicted octanol–water partition coefficient (Wildman–Crippen LogP) is -0.189. The number of piperazine rings is 1. The van der Waals surface area contributed by atoms with E-state index in [2.05, 4.69) is 5.32 Å². The van der Waals surface area contributed by atoms with Crippen LogP contribution < -0.4 is 10.1 Å². The fraction of sp³-hybridized carbons (Fsp3) is 0.286. The molecule has 1 N–H and O–H groups in total. The lowest BCUT2D eigenvalue weighted by atomic mass is 10.2. The minimum absolute atomic E-state index is 0.164. The number of carbonyl (C=O) groups excluding carboxylic acids is 3. The number of benzene rings is 1. The van der Waals surface area contributed by atoms with Crippen molar-refractivity contribution in [2.45, 2.75) is 13.0 Å². The van der Waals surface area contributed by atoms with Crippen LogP contribution in [0.15, 0.2) is 24.3 Å². The molecule has 1 unspecified atom stereocenters. The summed E-state index contributed by atoms with van der Waals surface area (Å²) in [5.41, 5.74) is 0.487. The lowest BCUT2D eigenvalue weighted by molar-refractivity contribution is -0.150. The highest BCUT2D eigenvalue weighted by molar-refractivity contribution is 6.04. The lowest BCUT2D eigenvalue weighted by Gasteiger charge is -2.31. The Labute approximate surface area is 121 Å². The molecule has 0 saturated carbocycles. The zero-order valence-corrected chi connectivity index (χ0v) is 11.3. The molecule has 0 spiro atoms. The first-order valence-corrected chi connectivity index (χ1v) is 6.27. The van der Waals surface area contributed by atoms with Crippen LogP contribution in [0, 0.1) is 11.3 Å². The first kappa shape index (κ1) is 14.5. The van der Waals surface area contributed by atoms with Crippen LogP contribution in [0.25, 0.3) is 0 Å². The Hall–Kier alpha value is -2.88. The summed E-state index contributed by atoms with van der Waals surface area (Å²) >= 11 is 0. The molecule has 0 aromatic heterocycles. The van der Waals surface area contributed by atoms with E-state index < -0.39 is 23.8 Å². The highest BCUT2D eigenvalue weighted by Gasteiger charge is 2.33. The summed E-state index contributed by atoms with van der Waals surface area (Å²) in [7, 11) is 0. The van der Waals surface area contributed by atoms with Gasteiger partial charge in [0.1, 0.15) is 18.3 Å². The summed E-state index contributed by atoms with van der Waals surface area (Å²) in [6.07, 6.45) is 0. The molecule has 0 aliphatic carbocycles. The average molecular weight is 287 g/mol. The van der Waals surface area contributed by atoms with Crippen molar-refractivity contribution in [1.82, 2.24) is 10.2 Å². The Morgan fingerprint density at radius 2 is 2.10 bits per heavy atom. The van der Waals surface area contributed by atoms with E-state index in [0.717, 1.165) is 0 Å². The van der Waals surface area contributed by atoms with Crippen LogP contribution in [0.1, 0.15) is 12.5 Å². The number of nitriles is 1. The number of imide groups is 1. The molecule has 3 amide bonds. The highest BCUT2D eigenvalue weighted by Crippen LogP contribution is 2.12. The summed E-state index contributed by atoms with van der Waals surface area (Å²) < 4.78 is 5.30. The van der Waals surface area contributed by atoms with Gasteiger partial charge in [0.15, 0.2) is 6.61 Å². The van der Waals surface area contributed by atoms with Crippen molar-refractivity contribution in [3.05, 3.63) is 29.8 Å². The molecule has 2 rings (SSSR count). The molecular weight excluding hydrogens is 274 g/mol. The van der Waals surface area contributed by atoms with Crippen LogP contribution in [-0.2, 0) is 14.4 Å². The van der Waals surface area contributed by atoms with Gasteiger partial charge in [0.05, 0.1) is 11.6 Å². The monoisotopic (exact) mass is 287 g/mol. The number of amides is 3. The second-order valence-electron chi connectivity index (χ2n) is 4.53. The normalized spacial score (nSPS) is 17.9. The molecule has 21 heavy (non-hydrogen) atoms. The Bertz CT molecular complexity index is 618. The molecular formula is C14H13N3O4. The summed E-state index contributed by atoms with van der Waals surface area (Å²) in [4.78, 5) is 35.9. The molecule has 0 radical (unpaired) electrons. The molecule has 1 aliphatic rings. The van der Waals surface area contributed by atoms with Crippen LogP contribution >= 0.6 is 0 Å². The summed E-state index contributed by atoms with van der Waals surface area (Å²) in [5.74, 6) is -1.03. The molecule has 1 aliphatic heterocycles.